The van der Waals surface area contributed by atoms with Gasteiger partial charge in [-0.05, 0) is 32.1 Å². The second-order valence-corrected chi connectivity index (χ2v) is 7.12. The van der Waals surface area contributed by atoms with Gasteiger partial charge in [0.15, 0.2) is 6.29 Å². The lowest BCUT2D eigenvalue weighted by Crippen LogP contribution is -2.44. The summed E-state index contributed by atoms with van der Waals surface area (Å²) in [4.78, 5) is 22.5. The van der Waals surface area contributed by atoms with Gasteiger partial charge in [-0.2, -0.15) is 0 Å². The van der Waals surface area contributed by atoms with Crippen LogP contribution in [0.1, 0.15) is 77.6 Å². The molecule has 0 saturated carbocycles. The smallest absolute Gasteiger partial charge is 0.303 e. The second-order valence-electron chi connectivity index (χ2n) is 7.12. The SMILES string of the molecule is CCCCCC(=O)CC[C@H]1OC(O)C[C@H](O)[C@@H]1C/C=C\CCCC(=O)O. The van der Waals surface area contributed by atoms with E-state index in [1.165, 1.54) is 0 Å². The summed E-state index contributed by atoms with van der Waals surface area (Å²) in [6.07, 6.45) is 8.61. The minimum atomic E-state index is -0.985. The number of aliphatic carboxylic acids is 1. The summed E-state index contributed by atoms with van der Waals surface area (Å²) in [6.45, 7) is 2.10. The summed E-state index contributed by atoms with van der Waals surface area (Å²) < 4.78 is 5.59. The largest absolute Gasteiger partial charge is 0.481 e. The van der Waals surface area contributed by atoms with E-state index in [1.54, 1.807) is 0 Å². The van der Waals surface area contributed by atoms with E-state index in [9.17, 15) is 19.8 Å². The quantitative estimate of drug-likeness (QED) is 0.340. The number of carboxylic acids is 1. The van der Waals surface area contributed by atoms with Crippen molar-refractivity contribution < 1.29 is 29.6 Å². The Labute approximate surface area is 156 Å². The number of carbonyl (C=O) groups excluding carboxylic acids is 1. The number of Topliss-reactive ketones (excluding diaryl/α,β-unsaturated/α-hetero) is 1. The Kier molecular flexibility index (Phi) is 11.4. The monoisotopic (exact) mass is 370 g/mol. The molecule has 4 atom stereocenters. The average molecular weight is 370 g/mol. The van der Waals surface area contributed by atoms with E-state index in [0.29, 0.717) is 38.5 Å². The van der Waals surface area contributed by atoms with E-state index in [2.05, 4.69) is 6.92 Å². The molecule has 0 bridgehead atoms. The van der Waals surface area contributed by atoms with E-state index >= 15 is 0 Å². The third-order valence-electron chi connectivity index (χ3n) is 4.85. The highest BCUT2D eigenvalue weighted by atomic mass is 16.6. The molecule has 0 aliphatic carbocycles. The number of carbonyl (C=O) groups is 2. The molecule has 1 saturated heterocycles. The number of carboxylic acid groups (broad SMARTS) is 1. The molecular formula is C20H34O6. The molecule has 1 heterocycles. The van der Waals surface area contributed by atoms with Crippen molar-refractivity contribution in [3.63, 3.8) is 0 Å². The summed E-state index contributed by atoms with van der Waals surface area (Å²) in [5.41, 5.74) is 0. The molecule has 1 rings (SSSR count). The fourth-order valence-electron chi connectivity index (χ4n) is 3.32. The third-order valence-corrected chi connectivity index (χ3v) is 4.85. The minimum Gasteiger partial charge on any atom is -0.481 e. The zero-order valence-electron chi connectivity index (χ0n) is 15.8. The van der Waals surface area contributed by atoms with Crippen LogP contribution >= 0.6 is 0 Å². The van der Waals surface area contributed by atoms with Gasteiger partial charge in [-0.15, -0.1) is 0 Å². The first-order chi connectivity index (χ1) is 12.4. The summed E-state index contributed by atoms with van der Waals surface area (Å²) in [7, 11) is 0. The van der Waals surface area contributed by atoms with Gasteiger partial charge in [0.25, 0.3) is 0 Å². The van der Waals surface area contributed by atoms with Crippen LogP contribution in [-0.4, -0.2) is 45.6 Å². The van der Waals surface area contributed by atoms with Crippen molar-refractivity contribution >= 4 is 11.8 Å². The van der Waals surface area contributed by atoms with Crippen LogP contribution in [0.15, 0.2) is 12.2 Å². The Morgan fingerprint density at radius 1 is 1.08 bits per heavy atom. The van der Waals surface area contributed by atoms with E-state index in [4.69, 9.17) is 9.84 Å². The Bertz CT molecular complexity index is 448. The van der Waals surface area contributed by atoms with Crippen molar-refractivity contribution in [1.82, 2.24) is 0 Å². The highest BCUT2D eigenvalue weighted by Crippen LogP contribution is 2.30. The Hall–Kier alpha value is -1.24. The number of allylic oxidation sites excluding steroid dienone is 2. The highest BCUT2D eigenvalue weighted by molar-refractivity contribution is 5.78. The van der Waals surface area contributed by atoms with Crippen LogP contribution in [0.4, 0.5) is 0 Å². The maximum atomic E-state index is 12.0. The van der Waals surface area contributed by atoms with Gasteiger partial charge in [0, 0.05) is 31.6 Å². The standard InChI is InChI=1S/C20H34O6/c1-2-3-6-9-15(21)12-13-18-16(17(22)14-20(25)26-18)10-7-4-5-8-11-19(23)24/h4,7,16-18,20,22,25H,2-3,5-6,8-14H2,1H3,(H,23,24)/b7-4-/t16-,17-,18+,20?/m0/s1. The van der Waals surface area contributed by atoms with Gasteiger partial charge in [0.2, 0.25) is 0 Å². The molecule has 0 radical (unpaired) electrons. The van der Waals surface area contributed by atoms with Gasteiger partial charge in [0.05, 0.1) is 12.2 Å². The Balaban J connectivity index is 2.44. The van der Waals surface area contributed by atoms with Crippen LogP contribution in [-0.2, 0) is 14.3 Å². The van der Waals surface area contributed by atoms with E-state index in [1.807, 2.05) is 12.2 Å². The molecule has 6 nitrogen and oxygen atoms in total. The number of ketones is 1. The van der Waals surface area contributed by atoms with Crippen molar-refractivity contribution in [2.45, 2.75) is 96.1 Å². The number of hydrogen-bond acceptors (Lipinski definition) is 5. The third kappa shape index (κ3) is 9.46. The molecule has 3 N–H and O–H groups in total. The average Bonchev–Trinajstić information content (AvgIpc) is 2.57. The maximum absolute atomic E-state index is 12.0. The maximum Gasteiger partial charge on any atom is 0.303 e. The number of hydrogen-bond donors (Lipinski definition) is 3. The van der Waals surface area contributed by atoms with Gasteiger partial charge < -0.3 is 20.1 Å². The molecule has 0 aromatic rings. The molecule has 6 heteroatoms. The van der Waals surface area contributed by atoms with E-state index in [0.717, 1.165) is 19.3 Å². The summed E-state index contributed by atoms with van der Waals surface area (Å²) in [5, 5.41) is 28.7. The fraction of sp³-hybridized carbons (Fsp3) is 0.800. The predicted octanol–water partition coefficient (Wildman–Crippen LogP) is 3.20. The van der Waals surface area contributed by atoms with Gasteiger partial charge >= 0.3 is 5.97 Å². The molecule has 0 amide bonds. The zero-order chi connectivity index (χ0) is 19.4. The molecular weight excluding hydrogens is 336 g/mol. The number of unbranched alkanes of at least 4 members (excludes halogenated alkanes) is 3. The number of rotatable bonds is 13. The molecule has 1 aliphatic heterocycles. The van der Waals surface area contributed by atoms with Crippen molar-refractivity contribution in [3.8, 4) is 0 Å². The zero-order valence-corrected chi connectivity index (χ0v) is 15.8. The summed E-state index contributed by atoms with van der Waals surface area (Å²) >= 11 is 0. The molecule has 150 valence electrons. The number of ether oxygens (including phenoxy) is 1. The van der Waals surface area contributed by atoms with Crippen molar-refractivity contribution in [2.24, 2.45) is 5.92 Å². The van der Waals surface area contributed by atoms with Crippen molar-refractivity contribution in [3.05, 3.63) is 12.2 Å². The molecule has 1 fully saturated rings. The molecule has 0 aromatic heterocycles. The highest BCUT2D eigenvalue weighted by Gasteiger charge is 2.36. The van der Waals surface area contributed by atoms with E-state index < -0.39 is 18.4 Å². The van der Waals surface area contributed by atoms with Crippen molar-refractivity contribution in [1.29, 1.82) is 0 Å². The summed E-state index contributed by atoms with van der Waals surface area (Å²) in [6, 6.07) is 0. The Morgan fingerprint density at radius 2 is 1.85 bits per heavy atom. The molecule has 0 aromatic carbocycles. The van der Waals surface area contributed by atoms with Crippen LogP contribution in [0.2, 0.25) is 0 Å². The topological polar surface area (TPSA) is 104 Å². The summed E-state index contributed by atoms with van der Waals surface area (Å²) in [5.74, 6) is -0.746. The second kappa shape index (κ2) is 13.0. The van der Waals surface area contributed by atoms with Gasteiger partial charge in [-0.3, -0.25) is 9.59 Å². The first kappa shape index (κ1) is 22.8. The van der Waals surface area contributed by atoms with Crippen LogP contribution in [0.3, 0.4) is 0 Å². The molecule has 1 aliphatic rings. The fourth-order valence-corrected chi connectivity index (χ4v) is 3.32. The number of aliphatic hydroxyl groups is 2. The Morgan fingerprint density at radius 3 is 2.54 bits per heavy atom. The first-order valence-electron chi connectivity index (χ1n) is 9.84. The van der Waals surface area contributed by atoms with E-state index in [-0.39, 0.29) is 30.6 Å². The van der Waals surface area contributed by atoms with Crippen molar-refractivity contribution in [2.75, 3.05) is 0 Å². The lowest BCUT2D eigenvalue weighted by atomic mass is 9.85. The first-order valence-corrected chi connectivity index (χ1v) is 9.84. The molecule has 0 spiro atoms. The van der Waals surface area contributed by atoms with Gasteiger partial charge in [0.1, 0.15) is 5.78 Å². The predicted molar refractivity (Wildman–Crippen MR) is 98.6 cm³/mol. The number of aliphatic hydroxyl groups excluding tert-OH is 2. The van der Waals surface area contributed by atoms with Crippen LogP contribution in [0.5, 0.6) is 0 Å². The van der Waals surface area contributed by atoms with Crippen LogP contribution in [0.25, 0.3) is 0 Å². The minimum absolute atomic E-state index is 0.147. The van der Waals surface area contributed by atoms with Crippen LogP contribution < -0.4 is 0 Å². The molecule has 26 heavy (non-hydrogen) atoms. The normalized spacial score (nSPS) is 26.3. The van der Waals surface area contributed by atoms with Crippen LogP contribution in [0, 0.1) is 5.92 Å². The lowest BCUT2D eigenvalue weighted by molar-refractivity contribution is -0.215. The van der Waals surface area contributed by atoms with Gasteiger partial charge in [-0.25, -0.2) is 0 Å². The molecule has 1 unspecified atom stereocenters. The lowest BCUT2D eigenvalue weighted by Gasteiger charge is -2.37. The van der Waals surface area contributed by atoms with Gasteiger partial charge in [-0.1, -0.05) is 31.9 Å².